The van der Waals surface area contributed by atoms with Gasteiger partial charge in [0.15, 0.2) is 0 Å². The molecule has 0 saturated carbocycles. The highest BCUT2D eigenvalue weighted by atomic mass is 16.5. The Bertz CT molecular complexity index is 499. The van der Waals surface area contributed by atoms with Crippen molar-refractivity contribution in [1.82, 2.24) is 9.80 Å². The first-order chi connectivity index (χ1) is 10.1. The van der Waals surface area contributed by atoms with E-state index in [4.69, 9.17) is 10.00 Å². The van der Waals surface area contributed by atoms with Crippen molar-refractivity contribution in [1.29, 1.82) is 5.26 Å². The monoisotopic (exact) mass is 287 g/mol. The van der Waals surface area contributed by atoms with Gasteiger partial charge in [0, 0.05) is 39.3 Å². The van der Waals surface area contributed by atoms with Crippen LogP contribution in [0.25, 0.3) is 0 Å². The topological polar surface area (TPSA) is 39.5 Å². The molecule has 0 aliphatic carbocycles. The van der Waals surface area contributed by atoms with Crippen LogP contribution in [-0.2, 0) is 6.54 Å². The summed E-state index contributed by atoms with van der Waals surface area (Å²) in [5, 5.41) is 9.15. The summed E-state index contributed by atoms with van der Waals surface area (Å²) in [6, 6.07) is 8.09. The van der Waals surface area contributed by atoms with E-state index in [1.54, 1.807) is 7.11 Å². The van der Waals surface area contributed by atoms with Gasteiger partial charge in [-0.15, -0.1) is 0 Å². The van der Waals surface area contributed by atoms with Crippen LogP contribution in [0.2, 0.25) is 0 Å². The molecule has 1 aromatic carbocycles. The van der Waals surface area contributed by atoms with Gasteiger partial charge in [-0.2, -0.15) is 5.26 Å². The Morgan fingerprint density at radius 2 is 1.86 bits per heavy atom. The number of benzene rings is 1. The second-order valence-corrected chi connectivity index (χ2v) is 6.12. The fourth-order valence-electron chi connectivity index (χ4n) is 2.85. The number of hydrogen-bond acceptors (Lipinski definition) is 4. The van der Waals surface area contributed by atoms with Gasteiger partial charge < -0.3 is 9.64 Å². The van der Waals surface area contributed by atoms with Crippen LogP contribution in [0.5, 0.6) is 5.75 Å². The molecule has 4 heteroatoms. The van der Waals surface area contributed by atoms with Crippen molar-refractivity contribution < 1.29 is 4.74 Å². The van der Waals surface area contributed by atoms with Gasteiger partial charge in [-0.3, -0.25) is 4.90 Å². The van der Waals surface area contributed by atoms with E-state index in [9.17, 15) is 0 Å². The van der Waals surface area contributed by atoms with E-state index in [0.717, 1.165) is 38.6 Å². The van der Waals surface area contributed by atoms with Gasteiger partial charge in [-0.05, 0) is 23.6 Å². The predicted octanol–water partition coefficient (Wildman–Crippen LogP) is 2.34. The van der Waals surface area contributed by atoms with Crippen molar-refractivity contribution in [2.75, 3.05) is 39.8 Å². The molecule has 4 nitrogen and oxygen atoms in total. The van der Waals surface area contributed by atoms with Gasteiger partial charge in [-0.25, -0.2) is 0 Å². The summed E-state index contributed by atoms with van der Waals surface area (Å²) >= 11 is 0. The molecule has 1 aromatic rings. The molecule has 0 radical (unpaired) electrons. The van der Waals surface area contributed by atoms with E-state index in [1.807, 2.05) is 12.1 Å². The molecule has 0 amide bonds. The van der Waals surface area contributed by atoms with Crippen molar-refractivity contribution >= 4 is 0 Å². The van der Waals surface area contributed by atoms with E-state index in [-0.39, 0.29) is 0 Å². The molecule has 114 valence electrons. The van der Waals surface area contributed by atoms with Crippen LogP contribution in [0, 0.1) is 17.2 Å². The molecule has 2 rings (SSSR count). The van der Waals surface area contributed by atoms with E-state index in [0.29, 0.717) is 11.3 Å². The van der Waals surface area contributed by atoms with Gasteiger partial charge in [0.05, 0.1) is 12.7 Å². The Hall–Kier alpha value is -1.57. The fraction of sp³-hybridized carbons (Fsp3) is 0.588. The number of piperazine rings is 1. The molecule has 1 fully saturated rings. The minimum Gasteiger partial charge on any atom is -0.495 e. The van der Waals surface area contributed by atoms with Gasteiger partial charge in [0.2, 0.25) is 0 Å². The third-order valence-corrected chi connectivity index (χ3v) is 3.88. The highest BCUT2D eigenvalue weighted by Crippen LogP contribution is 2.20. The van der Waals surface area contributed by atoms with Crippen molar-refractivity contribution in [2.45, 2.75) is 20.4 Å². The average Bonchev–Trinajstić information content (AvgIpc) is 2.48. The first kappa shape index (κ1) is 15.8. The average molecular weight is 287 g/mol. The van der Waals surface area contributed by atoms with Gasteiger partial charge in [0.25, 0.3) is 0 Å². The number of rotatable bonds is 5. The molecular formula is C17H25N3O. The minimum atomic E-state index is 0.619. The van der Waals surface area contributed by atoms with E-state index < -0.39 is 0 Å². The molecule has 1 saturated heterocycles. The maximum absolute atomic E-state index is 9.15. The van der Waals surface area contributed by atoms with Gasteiger partial charge >= 0.3 is 0 Å². The molecule has 21 heavy (non-hydrogen) atoms. The molecule has 1 heterocycles. The molecule has 0 bridgehead atoms. The second kappa shape index (κ2) is 7.44. The van der Waals surface area contributed by atoms with Crippen LogP contribution in [0.4, 0.5) is 0 Å². The first-order valence-electron chi connectivity index (χ1n) is 7.64. The third-order valence-electron chi connectivity index (χ3n) is 3.88. The largest absolute Gasteiger partial charge is 0.495 e. The third kappa shape index (κ3) is 4.45. The van der Waals surface area contributed by atoms with Crippen molar-refractivity contribution in [3.8, 4) is 11.8 Å². The summed E-state index contributed by atoms with van der Waals surface area (Å²) in [5.41, 5.74) is 1.80. The van der Waals surface area contributed by atoms with Crippen LogP contribution >= 0.6 is 0 Å². The van der Waals surface area contributed by atoms with Crippen molar-refractivity contribution in [3.05, 3.63) is 29.3 Å². The zero-order valence-corrected chi connectivity index (χ0v) is 13.3. The van der Waals surface area contributed by atoms with E-state index >= 15 is 0 Å². The van der Waals surface area contributed by atoms with Crippen molar-refractivity contribution in [2.24, 2.45) is 5.92 Å². The van der Waals surface area contributed by atoms with Crippen LogP contribution < -0.4 is 4.74 Å². The van der Waals surface area contributed by atoms with Gasteiger partial charge in [0.1, 0.15) is 11.8 Å². The number of methoxy groups -OCH3 is 1. The zero-order chi connectivity index (χ0) is 15.2. The maximum Gasteiger partial charge on any atom is 0.136 e. The van der Waals surface area contributed by atoms with E-state index in [2.05, 4.69) is 35.8 Å². The lowest BCUT2D eigenvalue weighted by Gasteiger charge is -2.35. The molecule has 0 N–H and O–H groups in total. The lowest BCUT2D eigenvalue weighted by Crippen LogP contribution is -2.46. The highest BCUT2D eigenvalue weighted by molar-refractivity contribution is 5.45. The summed E-state index contributed by atoms with van der Waals surface area (Å²) in [6.07, 6.45) is 0. The number of nitriles is 1. The van der Waals surface area contributed by atoms with Crippen LogP contribution in [-0.4, -0.2) is 49.6 Å². The SMILES string of the molecule is COc1ccc(CN2CCN(CC(C)C)CC2)cc1C#N. The first-order valence-corrected chi connectivity index (χ1v) is 7.64. The molecule has 1 aliphatic rings. The smallest absolute Gasteiger partial charge is 0.136 e. The second-order valence-electron chi connectivity index (χ2n) is 6.12. The molecular weight excluding hydrogens is 262 g/mol. The van der Waals surface area contributed by atoms with Gasteiger partial charge in [-0.1, -0.05) is 19.9 Å². The molecule has 0 atom stereocenters. The lowest BCUT2D eigenvalue weighted by molar-refractivity contribution is 0.117. The summed E-state index contributed by atoms with van der Waals surface area (Å²) in [7, 11) is 1.60. The van der Waals surface area contributed by atoms with Crippen LogP contribution in [0.15, 0.2) is 18.2 Å². The summed E-state index contributed by atoms with van der Waals surface area (Å²) in [5.74, 6) is 1.39. The normalized spacial score (nSPS) is 16.9. The Labute approximate surface area is 127 Å². The minimum absolute atomic E-state index is 0.619. The quantitative estimate of drug-likeness (QED) is 0.833. The molecule has 0 aromatic heterocycles. The predicted molar refractivity (Wildman–Crippen MR) is 84.3 cm³/mol. The summed E-state index contributed by atoms with van der Waals surface area (Å²) in [6.45, 7) is 11.1. The number of nitrogens with zero attached hydrogens (tertiary/aromatic N) is 3. The van der Waals surface area contributed by atoms with Crippen molar-refractivity contribution in [3.63, 3.8) is 0 Å². The maximum atomic E-state index is 9.15. The lowest BCUT2D eigenvalue weighted by atomic mass is 10.1. The fourth-order valence-corrected chi connectivity index (χ4v) is 2.85. The Balaban J connectivity index is 1.90. The highest BCUT2D eigenvalue weighted by Gasteiger charge is 2.17. The Morgan fingerprint density at radius 1 is 1.19 bits per heavy atom. The van der Waals surface area contributed by atoms with Crippen LogP contribution in [0.1, 0.15) is 25.0 Å². The number of hydrogen-bond donors (Lipinski definition) is 0. The molecule has 0 unspecified atom stereocenters. The molecule has 0 spiro atoms. The van der Waals surface area contributed by atoms with E-state index in [1.165, 1.54) is 12.1 Å². The Kier molecular flexibility index (Phi) is 5.60. The summed E-state index contributed by atoms with van der Waals surface area (Å²) < 4.78 is 5.19. The number of ether oxygens (including phenoxy) is 1. The standard InChI is InChI=1S/C17H25N3O/c1-14(2)12-19-6-8-20(9-7-19)13-15-4-5-17(21-3)16(10-15)11-18/h4-5,10,14H,6-9,12-13H2,1-3H3. The zero-order valence-electron chi connectivity index (χ0n) is 13.3. The van der Waals surface area contributed by atoms with Crippen LogP contribution in [0.3, 0.4) is 0 Å². The summed E-state index contributed by atoms with van der Waals surface area (Å²) in [4.78, 5) is 5.00. The molecule has 1 aliphatic heterocycles. The Morgan fingerprint density at radius 3 is 2.43 bits per heavy atom.